The van der Waals surface area contributed by atoms with Gasteiger partial charge >= 0.3 is 0 Å². The van der Waals surface area contributed by atoms with Gasteiger partial charge in [0.15, 0.2) is 0 Å². The van der Waals surface area contributed by atoms with E-state index >= 15 is 0 Å². The van der Waals surface area contributed by atoms with Crippen molar-refractivity contribution in [3.05, 3.63) is 29.8 Å². The van der Waals surface area contributed by atoms with Gasteiger partial charge in [0.1, 0.15) is 12.4 Å². The molecule has 1 unspecified atom stereocenters. The van der Waals surface area contributed by atoms with E-state index in [1.54, 1.807) is 4.90 Å². The van der Waals surface area contributed by atoms with Crippen molar-refractivity contribution in [1.29, 1.82) is 5.26 Å². The maximum Gasteiger partial charge on any atom is 0.224 e. The second kappa shape index (κ2) is 6.24. The molecule has 0 spiro atoms. The van der Waals surface area contributed by atoms with E-state index in [1.165, 1.54) is 5.56 Å². The Hall–Kier alpha value is -2.02. The normalized spacial score (nSPS) is 19.1. The minimum absolute atomic E-state index is 0.0605. The first-order valence-electron chi connectivity index (χ1n) is 6.56. The maximum absolute atomic E-state index is 11.8. The molecule has 0 saturated carbocycles. The Kier molecular flexibility index (Phi) is 4.40. The molecule has 0 radical (unpaired) electrons. The third kappa shape index (κ3) is 3.72. The van der Waals surface area contributed by atoms with Crippen LogP contribution in [0.25, 0.3) is 0 Å². The van der Waals surface area contributed by atoms with Gasteiger partial charge in [0, 0.05) is 13.0 Å². The number of benzene rings is 1. The van der Waals surface area contributed by atoms with E-state index < -0.39 is 0 Å². The highest BCUT2D eigenvalue weighted by Crippen LogP contribution is 2.17. The Morgan fingerprint density at radius 3 is 2.79 bits per heavy atom. The third-order valence-corrected chi connectivity index (χ3v) is 3.35. The Morgan fingerprint density at radius 2 is 2.16 bits per heavy atom. The van der Waals surface area contributed by atoms with Crippen molar-refractivity contribution in [3.63, 3.8) is 0 Å². The lowest BCUT2D eigenvalue weighted by Gasteiger charge is -2.28. The fraction of sp³-hybridized carbons (Fsp3) is 0.467. The first kappa shape index (κ1) is 13.4. The number of hydrogen-bond donors (Lipinski definition) is 0. The molecule has 1 saturated heterocycles. The van der Waals surface area contributed by atoms with E-state index in [-0.39, 0.29) is 11.8 Å². The number of nitrogens with zero attached hydrogens (tertiary/aromatic N) is 2. The van der Waals surface area contributed by atoms with Gasteiger partial charge in [-0.2, -0.15) is 5.26 Å². The van der Waals surface area contributed by atoms with Crippen LogP contribution in [0.1, 0.15) is 18.4 Å². The predicted octanol–water partition coefficient (Wildman–Crippen LogP) is 2.14. The molecule has 1 fully saturated rings. The van der Waals surface area contributed by atoms with Crippen LogP contribution < -0.4 is 4.74 Å². The molecular formula is C15H18N2O2. The van der Waals surface area contributed by atoms with E-state index in [9.17, 15) is 4.79 Å². The Labute approximate surface area is 113 Å². The van der Waals surface area contributed by atoms with Crippen molar-refractivity contribution in [2.45, 2.75) is 19.8 Å². The molecule has 2 rings (SSSR count). The highest BCUT2D eigenvalue weighted by atomic mass is 16.5. The summed E-state index contributed by atoms with van der Waals surface area (Å²) in [5.74, 6) is 0.775. The van der Waals surface area contributed by atoms with Gasteiger partial charge in [-0.05, 0) is 25.5 Å². The fourth-order valence-corrected chi connectivity index (χ4v) is 2.13. The number of amides is 1. The number of hydrogen-bond acceptors (Lipinski definition) is 3. The SMILES string of the molecule is Cc1ccc(OCCN2CCC(C#N)CC2=O)cc1. The number of likely N-dealkylation sites (tertiary alicyclic amines) is 1. The van der Waals surface area contributed by atoms with Crippen LogP contribution >= 0.6 is 0 Å². The highest BCUT2D eigenvalue weighted by Gasteiger charge is 2.25. The van der Waals surface area contributed by atoms with E-state index in [2.05, 4.69) is 6.07 Å². The van der Waals surface area contributed by atoms with Crippen LogP contribution in [-0.4, -0.2) is 30.5 Å². The van der Waals surface area contributed by atoms with E-state index in [1.807, 2.05) is 31.2 Å². The summed E-state index contributed by atoms with van der Waals surface area (Å²) in [5.41, 5.74) is 1.20. The molecule has 1 aliphatic heterocycles. The summed E-state index contributed by atoms with van der Waals surface area (Å²) < 4.78 is 5.61. The first-order chi connectivity index (χ1) is 9.19. The van der Waals surface area contributed by atoms with Crippen molar-refractivity contribution in [2.75, 3.05) is 19.7 Å². The van der Waals surface area contributed by atoms with Gasteiger partial charge in [-0.15, -0.1) is 0 Å². The molecule has 0 aliphatic carbocycles. The molecule has 1 aromatic rings. The summed E-state index contributed by atoms with van der Waals surface area (Å²) in [7, 11) is 0. The zero-order valence-electron chi connectivity index (χ0n) is 11.1. The summed E-state index contributed by atoms with van der Waals surface area (Å²) in [6, 6.07) is 10.0. The van der Waals surface area contributed by atoms with Crippen LogP contribution in [0.3, 0.4) is 0 Å². The molecule has 0 bridgehead atoms. The van der Waals surface area contributed by atoms with Crippen molar-refractivity contribution >= 4 is 5.91 Å². The maximum atomic E-state index is 11.8. The van der Waals surface area contributed by atoms with Gasteiger partial charge in [-0.3, -0.25) is 4.79 Å². The largest absolute Gasteiger partial charge is 0.492 e. The summed E-state index contributed by atoms with van der Waals surface area (Å²) in [4.78, 5) is 13.5. The van der Waals surface area contributed by atoms with Gasteiger partial charge in [-0.25, -0.2) is 0 Å². The Bertz CT molecular complexity index is 476. The summed E-state index contributed by atoms with van der Waals surface area (Å²) in [6.07, 6.45) is 1.12. The number of nitriles is 1. The molecule has 4 nitrogen and oxygen atoms in total. The lowest BCUT2D eigenvalue weighted by molar-refractivity contribution is -0.134. The lowest BCUT2D eigenvalue weighted by Crippen LogP contribution is -2.40. The quantitative estimate of drug-likeness (QED) is 0.831. The van der Waals surface area contributed by atoms with E-state index in [0.29, 0.717) is 26.1 Å². The van der Waals surface area contributed by atoms with Gasteiger partial charge < -0.3 is 9.64 Å². The molecule has 0 aromatic heterocycles. The van der Waals surface area contributed by atoms with E-state index in [0.717, 1.165) is 12.2 Å². The molecule has 100 valence electrons. The van der Waals surface area contributed by atoms with Crippen LogP contribution in [0, 0.1) is 24.2 Å². The average Bonchev–Trinajstić information content (AvgIpc) is 2.42. The zero-order valence-corrected chi connectivity index (χ0v) is 11.1. The van der Waals surface area contributed by atoms with Crippen molar-refractivity contribution in [2.24, 2.45) is 5.92 Å². The molecule has 1 heterocycles. The van der Waals surface area contributed by atoms with Crippen LogP contribution in [0.2, 0.25) is 0 Å². The topological polar surface area (TPSA) is 53.3 Å². The van der Waals surface area contributed by atoms with Crippen molar-refractivity contribution < 1.29 is 9.53 Å². The van der Waals surface area contributed by atoms with Crippen molar-refractivity contribution in [1.82, 2.24) is 4.90 Å². The molecule has 1 amide bonds. The Morgan fingerprint density at radius 1 is 1.42 bits per heavy atom. The zero-order chi connectivity index (χ0) is 13.7. The highest BCUT2D eigenvalue weighted by molar-refractivity contribution is 5.77. The number of aryl methyl sites for hydroxylation is 1. The van der Waals surface area contributed by atoms with Gasteiger partial charge in [0.25, 0.3) is 0 Å². The summed E-state index contributed by atoms with van der Waals surface area (Å²) >= 11 is 0. The number of carbonyl (C=O) groups is 1. The average molecular weight is 258 g/mol. The number of ether oxygens (including phenoxy) is 1. The van der Waals surface area contributed by atoms with Crippen LogP contribution in [0.5, 0.6) is 5.75 Å². The second-order valence-electron chi connectivity index (χ2n) is 4.86. The van der Waals surface area contributed by atoms with E-state index in [4.69, 9.17) is 10.00 Å². The Balaban J connectivity index is 1.76. The lowest BCUT2D eigenvalue weighted by atomic mass is 9.98. The molecule has 1 aromatic carbocycles. The molecule has 19 heavy (non-hydrogen) atoms. The number of piperidine rings is 1. The van der Waals surface area contributed by atoms with Gasteiger partial charge in [0.2, 0.25) is 5.91 Å². The summed E-state index contributed by atoms with van der Waals surface area (Å²) in [6.45, 7) is 3.77. The molecule has 0 N–H and O–H groups in total. The monoisotopic (exact) mass is 258 g/mol. The minimum atomic E-state index is -0.109. The molecule has 4 heteroatoms. The second-order valence-corrected chi connectivity index (χ2v) is 4.86. The smallest absolute Gasteiger partial charge is 0.224 e. The van der Waals surface area contributed by atoms with Gasteiger partial charge in [-0.1, -0.05) is 17.7 Å². The first-order valence-corrected chi connectivity index (χ1v) is 6.56. The van der Waals surface area contributed by atoms with Crippen LogP contribution in [0.4, 0.5) is 0 Å². The number of rotatable bonds is 4. The standard InChI is InChI=1S/C15H18N2O2/c1-12-2-4-14(5-3-12)19-9-8-17-7-6-13(11-16)10-15(17)18/h2-5,13H,6-10H2,1H3. The van der Waals surface area contributed by atoms with Gasteiger partial charge in [0.05, 0.1) is 18.5 Å². The van der Waals surface area contributed by atoms with Crippen molar-refractivity contribution in [3.8, 4) is 11.8 Å². The third-order valence-electron chi connectivity index (χ3n) is 3.35. The van der Waals surface area contributed by atoms with Crippen LogP contribution in [0.15, 0.2) is 24.3 Å². The summed E-state index contributed by atoms with van der Waals surface area (Å²) in [5, 5.41) is 8.80. The molecular weight excluding hydrogens is 240 g/mol. The molecule has 1 aliphatic rings. The predicted molar refractivity (Wildman–Crippen MR) is 71.6 cm³/mol. The number of carbonyl (C=O) groups excluding carboxylic acids is 1. The minimum Gasteiger partial charge on any atom is -0.492 e. The van der Waals surface area contributed by atoms with Crippen LogP contribution in [-0.2, 0) is 4.79 Å². The molecule has 1 atom stereocenters. The fourth-order valence-electron chi connectivity index (χ4n) is 2.13.